The van der Waals surface area contributed by atoms with Crippen LogP contribution in [-0.2, 0) is 9.53 Å². The number of carbonyl (C=O) groups is 2. The van der Waals surface area contributed by atoms with Gasteiger partial charge in [-0.15, -0.1) is 0 Å². The fraction of sp³-hybridized carbons (Fsp3) is 0.857. The van der Waals surface area contributed by atoms with E-state index < -0.39 is 23.1 Å². The first kappa shape index (κ1) is 15.8. The lowest BCUT2D eigenvalue weighted by molar-refractivity contribution is -0.150. The van der Waals surface area contributed by atoms with Crippen molar-refractivity contribution in [3.05, 3.63) is 0 Å². The summed E-state index contributed by atoms with van der Waals surface area (Å²) in [6.07, 6.45) is 1.48. The fourth-order valence-electron chi connectivity index (χ4n) is 2.83. The van der Waals surface area contributed by atoms with Crippen LogP contribution in [0.15, 0.2) is 0 Å². The number of nitrogens with one attached hydrogen (secondary N) is 1. The van der Waals surface area contributed by atoms with E-state index in [-0.39, 0.29) is 12.0 Å². The van der Waals surface area contributed by atoms with Crippen LogP contribution < -0.4 is 5.32 Å². The van der Waals surface area contributed by atoms with Crippen LogP contribution in [0.25, 0.3) is 0 Å². The van der Waals surface area contributed by atoms with Crippen LogP contribution >= 0.6 is 0 Å². The lowest BCUT2D eigenvalue weighted by Crippen LogP contribution is -2.39. The van der Waals surface area contributed by atoms with Crippen molar-refractivity contribution in [2.75, 3.05) is 0 Å². The minimum absolute atomic E-state index is 0.0879. The van der Waals surface area contributed by atoms with Crippen molar-refractivity contribution in [2.45, 2.75) is 65.5 Å². The van der Waals surface area contributed by atoms with Gasteiger partial charge in [0.15, 0.2) is 0 Å². The second-order valence-electron chi connectivity index (χ2n) is 6.61. The molecule has 1 amide bonds. The molecule has 0 aromatic carbocycles. The highest BCUT2D eigenvalue weighted by Gasteiger charge is 2.48. The largest absolute Gasteiger partial charge is 0.481 e. The smallest absolute Gasteiger partial charge is 0.407 e. The van der Waals surface area contributed by atoms with E-state index in [4.69, 9.17) is 4.74 Å². The standard InChI is InChI=1S/C14H25NO4/c1-6-9-7-10(8-14(9,5)11(16)17)15-12(18)19-13(2,3)4/h9-10H,6-8H2,1-5H3,(H,15,18)(H,16,17)/t9-,10+,14-/m1/s1. The fourth-order valence-corrected chi connectivity index (χ4v) is 2.83. The molecule has 0 aliphatic heterocycles. The third-order valence-electron chi connectivity index (χ3n) is 3.84. The molecule has 5 nitrogen and oxygen atoms in total. The van der Waals surface area contributed by atoms with Gasteiger partial charge in [0, 0.05) is 6.04 Å². The molecule has 1 aliphatic rings. The summed E-state index contributed by atoms with van der Waals surface area (Å²) in [6, 6.07) is -0.124. The summed E-state index contributed by atoms with van der Waals surface area (Å²) < 4.78 is 5.20. The third kappa shape index (κ3) is 3.85. The van der Waals surface area contributed by atoms with Gasteiger partial charge in [0.25, 0.3) is 0 Å². The SMILES string of the molecule is CC[C@@H]1C[C@H](NC(=O)OC(C)(C)C)C[C@@]1(C)C(=O)O. The molecule has 3 atom stereocenters. The molecule has 0 aromatic rings. The van der Waals surface area contributed by atoms with Gasteiger partial charge in [0.2, 0.25) is 0 Å². The van der Waals surface area contributed by atoms with Crippen molar-refractivity contribution in [2.24, 2.45) is 11.3 Å². The lowest BCUT2D eigenvalue weighted by atomic mass is 9.78. The van der Waals surface area contributed by atoms with Gasteiger partial charge in [-0.2, -0.15) is 0 Å². The zero-order valence-electron chi connectivity index (χ0n) is 12.4. The maximum atomic E-state index is 11.7. The molecule has 0 heterocycles. The van der Waals surface area contributed by atoms with E-state index in [1.807, 2.05) is 6.92 Å². The predicted octanol–water partition coefficient (Wildman–Crippen LogP) is 2.79. The van der Waals surface area contributed by atoms with Crippen molar-refractivity contribution >= 4 is 12.1 Å². The number of carboxylic acid groups (broad SMARTS) is 1. The Morgan fingerprint density at radius 2 is 2.00 bits per heavy atom. The van der Waals surface area contributed by atoms with Crippen LogP contribution in [0.4, 0.5) is 4.79 Å². The molecule has 1 fully saturated rings. The lowest BCUT2D eigenvalue weighted by Gasteiger charge is -2.25. The Hall–Kier alpha value is -1.26. The number of hydrogen-bond acceptors (Lipinski definition) is 3. The second kappa shape index (κ2) is 5.39. The number of hydrogen-bond donors (Lipinski definition) is 2. The summed E-state index contributed by atoms with van der Waals surface area (Å²) in [4.78, 5) is 23.1. The summed E-state index contributed by atoms with van der Waals surface area (Å²) in [5.41, 5.74) is -1.29. The van der Waals surface area contributed by atoms with Crippen LogP contribution in [0.1, 0.15) is 53.9 Å². The van der Waals surface area contributed by atoms with Crippen molar-refractivity contribution < 1.29 is 19.4 Å². The maximum absolute atomic E-state index is 11.7. The predicted molar refractivity (Wildman–Crippen MR) is 71.9 cm³/mol. The molecule has 0 spiro atoms. The van der Waals surface area contributed by atoms with E-state index in [9.17, 15) is 14.7 Å². The highest BCUT2D eigenvalue weighted by molar-refractivity contribution is 5.75. The highest BCUT2D eigenvalue weighted by atomic mass is 16.6. The normalized spacial score (nSPS) is 31.0. The third-order valence-corrected chi connectivity index (χ3v) is 3.84. The Morgan fingerprint density at radius 1 is 1.42 bits per heavy atom. The summed E-state index contributed by atoms with van der Waals surface area (Å²) in [5.74, 6) is -0.697. The molecule has 1 aliphatic carbocycles. The molecule has 5 heteroatoms. The minimum atomic E-state index is -0.784. The summed E-state index contributed by atoms with van der Waals surface area (Å²) >= 11 is 0. The molecular weight excluding hydrogens is 246 g/mol. The monoisotopic (exact) mass is 271 g/mol. The molecule has 110 valence electrons. The first-order valence-corrected chi connectivity index (χ1v) is 6.81. The highest BCUT2D eigenvalue weighted by Crippen LogP contribution is 2.45. The number of rotatable bonds is 3. The molecule has 1 saturated carbocycles. The molecule has 0 bridgehead atoms. The van der Waals surface area contributed by atoms with Crippen LogP contribution in [0.3, 0.4) is 0 Å². The van der Waals surface area contributed by atoms with Crippen LogP contribution in [0.5, 0.6) is 0 Å². The first-order chi connectivity index (χ1) is 8.58. The van der Waals surface area contributed by atoms with Crippen molar-refractivity contribution in [3.8, 4) is 0 Å². The second-order valence-corrected chi connectivity index (χ2v) is 6.61. The Labute approximate surface area is 114 Å². The average molecular weight is 271 g/mol. The van der Waals surface area contributed by atoms with E-state index in [0.29, 0.717) is 12.8 Å². The van der Waals surface area contributed by atoms with E-state index in [2.05, 4.69) is 5.32 Å². The Kier molecular flexibility index (Phi) is 4.48. The van der Waals surface area contributed by atoms with Crippen LogP contribution in [-0.4, -0.2) is 28.8 Å². The van der Waals surface area contributed by atoms with E-state index in [0.717, 1.165) is 6.42 Å². The van der Waals surface area contributed by atoms with E-state index >= 15 is 0 Å². The van der Waals surface area contributed by atoms with Gasteiger partial charge in [0.1, 0.15) is 5.60 Å². The number of carboxylic acids is 1. The molecule has 0 unspecified atom stereocenters. The van der Waals surface area contributed by atoms with Gasteiger partial charge in [-0.25, -0.2) is 4.79 Å². The minimum Gasteiger partial charge on any atom is -0.481 e. The number of ether oxygens (including phenoxy) is 1. The van der Waals surface area contributed by atoms with Gasteiger partial charge in [0.05, 0.1) is 5.41 Å². The first-order valence-electron chi connectivity index (χ1n) is 6.81. The van der Waals surface area contributed by atoms with Crippen molar-refractivity contribution in [1.29, 1.82) is 0 Å². The van der Waals surface area contributed by atoms with Gasteiger partial charge >= 0.3 is 12.1 Å². The van der Waals surface area contributed by atoms with Gasteiger partial charge in [-0.3, -0.25) is 4.79 Å². The maximum Gasteiger partial charge on any atom is 0.407 e. The van der Waals surface area contributed by atoms with E-state index in [1.54, 1.807) is 27.7 Å². The summed E-state index contributed by atoms with van der Waals surface area (Å²) in [5, 5.41) is 12.2. The number of amides is 1. The molecular formula is C14H25NO4. The van der Waals surface area contributed by atoms with Crippen LogP contribution in [0.2, 0.25) is 0 Å². The Morgan fingerprint density at radius 3 is 2.37 bits per heavy atom. The summed E-state index contributed by atoms with van der Waals surface area (Å²) in [7, 11) is 0. The Balaban J connectivity index is 2.64. The van der Waals surface area contributed by atoms with Gasteiger partial charge < -0.3 is 15.2 Å². The molecule has 19 heavy (non-hydrogen) atoms. The number of carbonyl (C=O) groups excluding carboxylic acids is 1. The zero-order valence-corrected chi connectivity index (χ0v) is 12.4. The van der Waals surface area contributed by atoms with Gasteiger partial charge in [-0.1, -0.05) is 13.3 Å². The molecule has 1 rings (SSSR count). The molecule has 0 aromatic heterocycles. The molecule has 0 saturated heterocycles. The molecule has 2 N–H and O–H groups in total. The van der Waals surface area contributed by atoms with Gasteiger partial charge in [-0.05, 0) is 46.5 Å². The van der Waals surface area contributed by atoms with Crippen molar-refractivity contribution in [3.63, 3.8) is 0 Å². The van der Waals surface area contributed by atoms with E-state index in [1.165, 1.54) is 0 Å². The molecule has 0 radical (unpaired) electrons. The zero-order chi connectivity index (χ0) is 14.8. The average Bonchev–Trinajstić information content (AvgIpc) is 2.53. The Bertz CT molecular complexity index is 361. The summed E-state index contributed by atoms with van der Waals surface area (Å²) in [6.45, 7) is 9.16. The quantitative estimate of drug-likeness (QED) is 0.827. The number of alkyl carbamates (subject to hydrolysis) is 1. The number of aliphatic carboxylic acids is 1. The van der Waals surface area contributed by atoms with Crippen molar-refractivity contribution in [1.82, 2.24) is 5.32 Å². The van der Waals surface area contributed by atoms with Crippen LogP contribution in [0, 0.1) is 11.3 Å². The topological polar surface area (TPSA) is 75.6 Å².